The van der Waals surface area contributed by atoms with Crippen LogP contribution >= 0.6 is 11.6 Å². The second-order valence-electron chi connectivity index (χ2n) is 4.76. The molecule has 0 aromatic heterocycles. The summed E-state index contributed by atoms with van der Waals surface area (Å²) < 4.78 is 29.7. The van der Waals surface area contributed by atoms with Crippen LogP contribution in [0.25, 0.3) is 0 Å². The SMILES string of the molecule is C[S@@](=O)Cc1ccc(Cl)c(NCCOc2cccc(F)c2)c1. The van der Waals surface area contributed by atoms with Crippen LogP contribution in [0.2, 0.25) is 5.02 Å². The second-order valence-corrected chi connectivity index (χ2v) is 6.61. The molecule has 2 aromatic rings. The molecule has 0 saturated heterocycles. The summed E-state index contributed by atoms with van der Waals surface area (Å²) in [4.78, 5) is 0. The van der Waals surface area contributed by atoms with E-state index in [4.69, 9.17) is 16.3 Å². The van der Waals surface area contributed by atoms with E-state index in [0.29, 0.717) is 29.7 Å². The van der Waals surface area contributed by atoms with E-state index >= 15 is 0 Å². The molecule has 0 aliphatic heterocycles. The summed E-state index contributed by atoms with van der Waals surface area (Å²) in [5.74, 6) is 0.655. The third-order valence-electron chi connectivity index (χ3n) is 2.88. The van der Waals surface area contributed by atoms with Crippen molar-refractivity contribution in [1.82, 2.24) is 0 Å². The highest BCUT2D eigenvalue weighted by atomic mass is 35.5. The summed E-state index contributed by atoms with van der Waals surface area (Å²) in [6, 6.07) is 11.5. The van der Waals surface area contributed by atoms with Gasteiger partial charge in [0.2, 0.25) is 0 Å². The summed E-state index contributed by atoms with van der Waals surface area (Å²) in [5.41, 5.74) is 1.73. The van der Waals surface area contributed by atoms with Crippen LogP contribution in [0, 0.1) is 5.82 Å². The number of anilines is 1. The van der Waals surface area contributed by atoms with Crippen LogP contribution in [0.1, 0.15) is 5.56 Å². The molecule has 0 aliphatic rings. The van der Waals surface area contributed by atoms with Gasteiger partial charge in [-0.05, 0) is 29.8 Å². The molecule has 1 atom stereocenters. The Morgan fingerprint density at radius 3 is 2.82 bits per heavy atom. The quantitative estimate of drug-likeness (QED) is 0.777. The molecule has 1 N–H and O–H groups in total. The molecule has 3 nitrogen and oxygen atoms in total. The average molecular weight is 342 g/mol. The molecule has 0 spiro atoms. The number of halogens is 2. The molecule has 0 fully saturated rings. The molecular formula is C16H17ClFNO2S. The lowest BCUT2D eigenvalue weighted by molar-refractivity contribution is 0.331. The summed E-state index contributed by atoms with van der Waals surface area (Å²) >= 11 is 6.12. The average Bonchev–Trinajstić information content (AvgIpc) is 2.46. The van der Waals surface area contributed by atoms with Crippen molar-refractivity contribution >= 4 is 28.1 Å². The number of benzene rings is 2. The normalized spacial score (nSPS) is 12.0. The third-order valence-corrected chi connectivity index (χ3v) is 3.95. The Labute approximate surface area is 136 Å². The van der Waals surface area contributed by atoms with Gasteiger partial charge < -0.3 is 10.1 Å². The van der Waals surface area contributed by atoms with E-state index in [2.05, 4.69) is 5.32 Å². The fourth-order valence-corrected chi connectivity index (χ4v) is 2.78. The number of rotatable bonds is 7. The standard InChI is InChI=1S/C16H17ClFNO2S/c1-22(20)11-12-5-6-15(17)16(9-12)19-7-8-21-14-4-2-3-13(18)10-14/h2-6,9-10,19H,7-8,11H2,1H3/t22-/m1/s1. The van der Waals surface area contributed by atoms with Crippen LogP contribution in [0.5, 0.6) is 5.75 Å². The van der Waals surface area contributed by atoms with E-state index in [1.54, 1.807) is 24.5 Å². The lowest BCUT2D eigenvalue weighted by atomic mass is 10.2. The van der Waals surface area contributed by atoms with Crippen LogP contribution in [-0.2, 0) is 16.6 Å². The molecule has 2 rings (SSSR count). The summed E-state index contributed by atoms with van der Waals surface area (Å²) in [6.45, 7) is 0.901. The van der Waals surface area contributed by atoms with Crippen molar-refractivity contribution in [3.63, 3.8) is 0 Å². The van der Waals surface area contributed by atoms with Crippen LogP contribution < -0.4 is 10.1 Å². The highest BCUT2D eigenvalue weighted by Gasteiger charge is 2.04. The van der Waals surface area contributed by atoms with E-state index in [-0.39, 0.29) is 5.82 Å². The molecule has 0 radical (unpaired) electrons. The summed E-state index contributed by atoms with van der Waals surface area (Å²) in [5, 5.41) is 3.76. The first-order valence-electron chi connectivity index (χ1n) is 6.75. The molecule has 0 amide bonds. The van der Waals surface area contributed by atoms with Gasteiger partial charge in [-0.15, -0.1) is 0 Å². The van der Waals surface area contributed by atoms with Gasteiger partial charge >= 0.3 is 0 Å². The maximum absolute atomic E-state index is 13.0. The zero-order valence-corrected chi connectivity index (χ0v) is 13.7. The van der Waals surface area contributed by atoms with Gasteiger partial charge in [0.1, 0.15) is 18.2 Å². The highest BCUT2D eigenvalue weighted by molar-refractivity contribution is 7.83. The fraction of sp³-hybridized carbons (Fsp3) is 0.250. The van der Waals surface area contributed by atoms with Crippen molar-refractivity contribution in [3.05, 3.63) is 58.9 Å². The zero-order chi connectivity index (χ0) is 15.9. The monoisotopic (exact) mass is 341 g/mol. The van der Waals surface area contributed by atoms with Crippen LogP contribution in [0.4, 0.5) is 10.1 Å². The Hall–Kier alpha value is -1.59. The maximum Gasteiger partial charge on any atom is 0.126 e. The van der Waals surface area contributed by atoms with E-state index < -0.39 is 10.8 Å². The molecule has 22 heavy (non-hydrogen) atoms. The molecule has 0 unspecified atom stereocenters. The first kappa shape index (κ1) is 16.8. The van der Waals surface area contributed by atoms with Crippen LogP contribution in [0.15, 0.2) is 42.5 Å². The van der Waals surface area contributed by atoms with Gasteiger partial charge in [0.25, 0.3) is 0 Å². The van der Waals surface area contributed by atoms with Crippen molar-refractivity contribution in [2.24, 2.45) is 0 Å². The van der Waals surface area contributed by atoms with Crippen molar-refractivity contribution in [3.8, 4) is 5.75 Å². The van der Waals surface area contributed by atoms with Gasteiger partial charge in [0.05, 0.1) is 10.7 Å². The third kappa shape index (κ3) is 5.31. The van der Waals surface area contributed by atoms with Gasteiger partial charge in [-0.3, -0.25) is 4.21 Å². The number of hydrogen-bond acceptors (Lipinski definition) is 3. The smallest absolute Gasteiger partial charge is 0.126 e. The Morgan fingerprint density at radius 2 is 2.09 bits per heavy atom. The molecule has 6 heteroatoms. The topological polar surface area (TPSA) is 38.3 Å². The molecule has 0 saturated carbocycles. The predicted molar refractivity (Wildman–Crippen MR) is 89.6 cm³/mol. The maximum atomic E-state index is 13.0. The number of ether oxygens (including phenoxy) is 1. The number of nitrogens with one attached hydrogen (secondary N) is 1. The minimum absolute atomic E-state index is 0.325. The van der Waals surface area contributed by atoms with Gasteiger partial charge in [-0.2, -0.15) is 0 Å². The molecular weight excluding hydrogens is 325 g/mol. The Bertz CT molecular complexity index is 666. The molecule has 0 heterocycles. The van der Waals surface area contributed by atoms with E-state index in [1.807, 2.05) is 12.1 Å². The first-order valence-corrected chi connectivity index (χ1v) is 8.86. The lowest BCUT2D eigenvalue weighted by Crippen LogP contribution is -2.12. The van der Waals surface area contributed by atoms with Gasteiger partial charge in [-0.1, -0.05) is 23.7 Å². The lowest BCUT2D eigenvalue weighted by Gasteiger charge is -2.11. The zero-order valence-electron chi connectivity index (χ0n) is 12.1. The Kier molecular flexibility index (Phi) is 6.21. The minimum Gasteiger partial charge on any atom is -0.492 e. The van der Waals surface area contributed by atoms with Gasteiger partial charge in [0.15, 0.2) is 0 Å². The van der Waals surface area contributed by atoms with E-state index in [0.717, 1.165) is 11.3 Å². The van der Waals surface area contributed by atoms with Crippen LogP contribution in [-0.4, -0.2) is 23.6 Å². The largest absolute Gasteiger partial charge is 0.492 e. The van der Waals surface area contributed by atoms with E-state index in [9.17, 15) is 8.60 Å². The van der Waals surface area contributed by atoms with Gasteiger partial charge in [0, 0.05) is 35.4 Å². The van der Waals surface area contributed by atoms with Crippen molar-refractivity contribution in [2.75, 3.05) is 24.7 Å². The number of hydrogen-bond donors (Lipinski definition) is 1. The summed E-state index contributed by atoms with van der Waals surface area (Å²) in [7, 11) is -0.897. The van der Waals surface area contributed by atoms with Crippen LogP contribution in [0.3, 0.4) is 0 Å². The Morgan fingerprint density at radius 1 is 1.27 bits per heavy atom. The minimum atomic E-state index is -0.897. The van der Waals surface area contributed by atoms with Gasteiger partial charge in [-0.25, -0.2) is 4.39 Å². The second kappa shape index (κ2) is 8.15. The fourth-order valence-electron chi connectivity index (χ4n) is 1.94. The highest BCUT2D eigenvalue weighted by Crippen LogP contribution is 2.23. The summed E-state index contributed by atoms with van der Waals surface area (Å²) in [6.07, 6.45) is 1.66. The molecule has 0 aliphatic carbocycles. The van der Waals surface area contributed by atoms with Crippen molar-refractivity contribution in [1.29, 1.82) is 0 Å². The first-order chi connectivity index (χ1) is 10.5. The Balaban J connectivity index is 1.87. The molecule has 2 aromatic carbocycles. The predicted octanol–water partition coefficient (Wildman–Crippen LogP) is 3.85. The van der Waals surface area contributed by atoms with Crippen molar-refractivity contribution in [2.45, 2.75) is 5.75 Å². The van der Waals surface area contributed by atoms with E-state index in [1.165, 1.54) is 12.1 Å². The molecule has 118 valence electrons. The molecule has 0 bridgehead atoms. The van der Waals surface area contributed by atoms with Crippen molar-refractivity contribution < 1.29 is 13.3 Å².